The molecule has 0 aliphatic carbocycles. The van der Waals surface area contributed by atoms with Crippen molar-refractivity contribution in [2.75, 3.05) is 19.7 Å². The minimum Gasteiger partial charge on any atom is -0.492 e. The fraction of sp³-hybridized carbons (Fsp3) is 0.500. The average Bonchev–Trinajstić information content (AvgIpc) is 2.42. The van der Waals surface area contributed by atoms with E-state index in [4.69, 9.17) is 16.3 Å². The van der Waals surface area contributed by atoms with Crippen LogP contribution in [0.5, 0.6) is 5.75 Å². The molecule has 0 saturated carbocycles. The first-order chi connectivity index (χ1) is 8.79. The van der Waals surface area contributed by atoms with E-state index in [9.17, 15) is 4.79 Å². The van der Waals surface area contributed by atoms with Gasteiger partial charge in [-0.2, -0.15) is 0 Å². The highest BCUT2D eigenvalue weighted by Gasteiger charge is 2.17. The van der Waals surface area contributed by atoms with Gasteiger partial charge in [0.2, 0.25) is 5.91 Å². The Kier molecular flexibility index (Phi) is 4.88. The SMILES string of the molecule is O=C1CCCCN1CCOc1ccc(CCl)cc1. The lowest BCUT2D eigenvalue weighted by atomic mass is 10.1. The molecule has 0 radical (unpaired) electrons. The molecule has 1 aromatic rings. The fourth-order valence-electron chi connectivity index (χ4n) is 2.05. The molecule has 1 heterocycles. The molecule has 98 valence electrons. The molecular formula is C14H18ClNO2. The first-order valence-electron chi connectivity index (χ1n) is 6.35. The summed E-state index contributed by atoms with van der Waals surface area (Å²) < 4.78 is 5.62. The molecule has 1 aromatic carbocycles. The Morgan fingerprint density at radius 2 is 2.00 bits per heavy atom. The Labute approximate surface area is 113 Å². The number of piperidine rings is 1. The second-order valence-electron chi connectivity index (χ2n) is 4.46. The van der Waals surface area contributed by atoms with Gasteiger partial charge in [0, 0.05) is 18.8 Å². The van der Waals surface area contributed by atoms with E-state index in [1.165, 1.54) is 0 Å². The van der Waals surface area contributed by atoms with Gasteiger partial charge in [0.25, 0.3) is 0 Å². The summed E-state index contributed by atoms with van der Waals surface area (Å²) in [6.45, 7) is 2.09. The number of alkyl halides is 1. The quantitative estimate of drug-likeness (QED) is 0.768. The number of amides is 1. The van der Waals surface area contributed by atoms with Gasteiger partial charge in [-0.05, 0) is 30.5 Å². The van der Waals surface area contributed by atoms with Gasteiger partial charge < -0.3 is 9.64 Å². The molecule has 1 aliphatic heterocycles. The van der Waals surface area contributed by atoms with Crippen molar-refractivity contribution in [1.29, 1.82) is 0 Å². The Hall–Kier alpha value is -1.22. The lowest BCUT2D eigenvalue weighted by Crippen LogP contribution is -2.38. The molecule has 0 bridgehead atoms. The van der Waals surface area contributed by atoms with Gasteiger partial charge in [-0.1, -0.05) is 12.1 Å². The number of ether oxygens (including phenoxy) is 1. The molecule has 1 fully saturated rings. The third-order valence-corrected chi connectivity index (χ3v) is 3.44. The van der Waals surface area contributed by atoms with Crippen molar-refractivity contribution in [2.45, 2.75) is 25.1 Å². The maximum absolute atomic E-state index is 11.6. The normalized spacial score (nSPS) is 15.8. The average molecular weight is 268 g/mol. The molecule has 2 rings (SSSR count). The van der Waals surface area contributed by atoms with Crippen LogP contribution in [0.15, 0.2) is 24.3 Å². The van der Waals surface area contributed by atoms with Gasteiger partial charge in [0.05, 0.1) is 6.54 Å². The number of carbonyl (C=O) groups is 1. The molecule has 1 aliphatic rings. The largest absolute Gasteiger partial charge is 0.492 e. The molecule has 18 heavy (non-hydrogen) atoms. The van der Waals surface area contributed by atoms with Gasteiger partial charge >= 0.3 is 0 Å². The van der Waals surface area contributed by atoms with Crippen molar-refractivity contribution >= 4 is 17.5 Å². The highest BCUT2D eigenvalue weighted by Crippen LogP contribution is 2.14. The molecular weight excluding hydrogens is 250 g/mol. The van der Waals surface area contributed by atoms with Crippen molar-refractivity contribution in [1.82, 2.24) is 4.90 Å². The molecule has 3 nitrogen and oxygen atoms in total. The highest BCUT2D eigenvalue weighted by molar-refractivity contribution is 6.17. The van der Waals surface area contributed by atoms with Crippen LogP contribution >= 0.6 is 11.6 Å². The molecule has 4 heteroatoms. The summed E-state index contributed by atoms with van der Waals surface area (Å²) in [4.78, 5) is 13.5. The monoisotopic (exact) mass is 267 g/mol. The first kappa shape index (κ1) is 13.2. The number of carbonyl (C=O) groups excluding carboxylic acids is 1. The first-order valence-corrected chi connectivity index (χ1v) is 6.88. The lowest BCUT2D eigenvalue weighted by Gasteiger charge is -2.26. The van der Waals surface area contributed by atoms with Crippen molar-refractivity contribution in [3.05, 3.63) is 29.8 Å². The molecule has 0 spiro atoms. The minimum absolute atomic E-state index is 0.252. The van der Waals surface area contributed by atoms with E-state index in [0.717, 1.165) is 30.7 Å². The summed E-state index contributed by atoms with van der Waals surface area (Å²) in [6, 6.07) is 7.73. The van der Waals surface area contributed by atoms with E-state index in [0.29, 0.717) is 25.5 Å². The van der Waals surface area contributed by atoms with Gasteiger partial charge in [-0.3, -0.25) is 4.79 Å². The zero-order chi connectivity index (χ0) is 12.8. The summed E-state index contributed by atoms with van der Waals surface area (Å²) in [7, 11) is 0. The van der Waals surface area contributed by atoms with Gasteiger partial charge in [0.15, 0.2) is 0 Å². The topological polar surface area (TPSA) is 29.5 Å². The van der Waals surface area contributed by atoms with E-state index in [1.807, 2.05) is 29.2 Å². The summed E-state index contributed by atoms with van der Waals surface area (Å²) in [5, 5.41) is 0. The van der Waals surface area contributed by atoms with E-state index >= 15 is 0 Å². The van der Waals surface area contributed by atoms with E-state index in [-0.39, 0.29) is 5.91 Å². The summed E-state index contributed by atoms with van der Waals surface area (Å²) in [6.07, 6.45) is 2.82. The second kappa shape index (κ2) is 6.64. The highest BCUT2D eigenvalue weighted by atomic mass is 35.5. The van der Waals surface area contributed by atoms with Gasteiger partial charge in [0.1, 0.15) is 12.4 Å². The maximum atomic E-state index is 11.6. The molecule has 0 unspecified atom stereocenters. The number of hydrogen-bond donors (Lipinski definition) is 0. The van der Waals surface area contributed by atoms with Gasteiger partial charge in [-0.15, -0.1) is 11.6 Å². The van der Waals surface area contributed by atoms with Crippen molar-refractivity contribution < 1.29 is 9.53 Å². The number of likely N-dealkylation sites (tertiary alicyclic amines) is 1. The Morgan fingerprint density at radius 3 is 2.67 bits per heavy atom. The zero-order valence-corrected chi connectivity index (χ0v) is 11.2. The van der Waals surface area contributed by atoms with Crippen LogP contribution in [0.4, 0.5) is 0 Å². The number of halogens is 1. The fourth-order valence-corrected chi connectivity index (χ4v) is 2.22. The Bertz CT molecular complexity index is 391. The molecule has 0 N–H and O–H groups in total. The van der Waals surface area contributed by atoms with Crippen LogP contribution in [0.1, 0.15) is 24.8 Å². The van der Waals surface area contributed by atoms with Crippen LogP contribution in [0.25, 0.3) is 0 Å². The summed E-state index contributed by atoms with van der Waals surface area (Å²) in [5.74, 6) is 1.60. The van der Waals surface area contributed by atoms with E-state index < -0.39 is 0 Å². The third kappa shape index (κ3) is 3.64. The Morgan fingerprint density at radius 1 is 1.22 bits per heavy atom. The predicted octanol–water partition coefficient (Wildman–Crippen LogP) is 2.82. The minimum atomic E-state index is 0.252. The van der Waals surface area contributed by atoms with Crippen LogP contribution in [0.3, 0.4) is 0 Å². The van der Waals surface area contributed by atoms with Crippen molar-refractivity contribution in [3.63, 3.8) is 0 Å². The van der Waals surface area contributed by atoms with Crippen LogP contribution in [0, 0.1) is 0 Å². The molecule has 1 saturated heterocycles. The number of nitrogens with zero attached hydrogens (tertiary/aromatic N) is 1. The van der Waals surface area contributed by atoms with Crippen molar-refractivity contribution in [2.24, 2.45) is 0 Å². The summed E-state index contributed by atoms with van der Waals surface area (Å²) in [5.41, 5.74) is 1.08. The molecule has 0 aromatic heterocycles. The van der Waals surface area contributed by atoms with Crippen LogP contribution < -0.4 is 4.74 Å². The van der Waals surface area contributed by atoms with Gasteiger partial charge in [-0.25, -0.2) is 0 Å². The maximum Gasteiger partial charge on any atom is 0.222 e. The molecule has 0 atom stereocenters. The van der Waals surface area contributed by atoms with Crippen LogP contribution in [-0.2, 0) is 10.7 Å². The van der Waals surface area contributed by atoms with Crippen LogP contribution in [-0.4, -0.2) is 30.5 Å². The van der Waals surface area contributed by atoms with E-state index in [2.05, 4.69) is 0 Å². The Balaban J connectivity index is 1.75. The summed E-state index contributed by atoms with van der Waals surface area (Å²) >= 11 is 5.72. The standard InChI is InChI=1S/C14H18ClNO2/c15-11-12-4-6-13(7-5-12)18-10-9-16-8-2-1-3-14(16)17/h4-7H,1-3,8-11H2. The number of rotatable bonds is 5. The van der Waals surface area contributed by atoms with Crippen LogP contribution in [0.2, 0.25) is 0 Å². The third-order valence-electron chi connectivity index (χ3n) is 3.13. The lowest BCUT2D eigenvalue weighted by molar-refractivity contribution is -0.133. The number of hydrogen-bond acceptors (Lipinski definition) is 2. The molecule has 1 amide bonds. The van der Waals surface area contributed by atoms with E-state index in [1.54, 1.807) is 0 Å². The number of benzene rings is 1. The van der Waals surface area contributed by atoms with Crippen molar-refractivity contribution in [3.8, 4) is 5.75 Å². The predicted molar refractivity (Wildman–Crippen MR) is 71.9 cm³/mol. The smallest absolute Gasteiger partial charge is 0.222 e. The zero-order valence-electron chi connectivity index (χ0n) is 10.4. The second-order valence-corrected chi connectivity index (χ2v) is 4.73.